The molecule has 13 heavy (non-hydrogen) atoms. The van der Waals surface area contributed by atoms with Crippen LogP contribution < -0.4 is 5.73 Å². The highest BCUT2D eigenvalue weighted by atomic mass is 16.4. The number of carbonyl (C=O) groups is 1. The van der Waals surface area contributed by atoms with Gasteiger partial charge in [0.2, 0.25) is 0 Å². The first kappa shape index (κ1) is 9.25. The maximum absolute atomic E-state index is 10.7. The summed E-state index contributed by atoms with van der Waals surface area (Å²) >= 11 is 0. The van der Waals surface area contributed by atoms with Crippen LogP contribution in [0.1, 0.15) is 11.5 Å². The largest absolute Gasteiger partial charge is 0.480 e. The zero-order valence-electron chi connectivity index (χ0n) is 6.90. The number of carboxylic acids is 1. The van der Waals surface area contributed by atoms with Crippen LogP contribution in [0, 0.1) is 5.41 Å². The molecule has 1 aromatic rings. The van der Waals surface area contributed by atoms with Crippen LogP contribution in [-0.2, 0) is 4.79 Å². The Morgan fingerprint density at radius 3 is 2.31 bits per heavy atom. The predicted octanol–water partition coefficient (Wildman–Crippen LogP) is 0.791. The Hall–Kier alpha value is -1.84. The van der Waals surface area contributed by atoms with Crippen molar-refractivity contribution < 1.29 is 9.90 Å². The van der Waals surface area contributed by atoms with E-state index in [0.717, 1.165) is 0 Å². The minimum absolute atomic E-state index is 0.348. The third-order valence-corrected chi connectivity index (χ3v) is 1.69. The molecule has 1 rings (SSSR count). The first-order valence-corrected chi connectivity index (χ1v) is 3.74. The molecule has 0 radical (unpaired) electrons. The normalized spacial score (nSPS) is 12.0. The van der Waals surface area contributed by atoms with Crippen LogP contribution in [-0.4, -0.2) is 16.9 Å². The SMILES string of the molecule is N=C(N)C(C(=O)O)c1ccccc1. The van der Waals surface area contributed by atoms with Crippen molar-refractivity contribution in [1.82, 2.24) is 0 Å². The summed E-state index contributed by atoms with van der Waals surface area (Å²) in [7, 11) is 0. The lowest BCUT2D eigenvalue weighted by Crippen LogP contribution is -2.27. The molecule has 0 aliphatic rings. The van der Waals surface area contributed by atoms with Gasteiger partial charge < -0.3 is 10.8 Å². The van der Waals surface area contributed by atoms with Crippen LogP contribution in [0.4, 0.5) is 0 Å². The molecule has 1 atom stereocenters. The number of nitrogens with one attached hydrogen (secondary N) is 1. The molecule has 4 heteroatoms. The third-order valence-electron chi connectivity index (χ3n) is 1.69. The molecule has 0 aliphatic carbocycles. The molecule has 4 nitrogen and oxygen atoms in total. The molecule has 0 bridgehead atoms. The van der Waals surface area contributed by atoms with Crippen molar-refractivity contribution in [2.45, 2.75) is 5.92 Å². The minimum Gasteiger partial charge on any atom is -0.480 e. The van der Waals surface area contributed by atoms with E-state index in [9.17, 15) is 4.79 Å². The molecule has 0 spiro atoms. The summed E-state index contributed by atoms with van der Waals surface area (Å²) in [4.78, 5) is 10.7. The van der Waals surface area contributed by atoms with Crippen molar-refractivity contribution in [1.29, 1.82) is 5.41 Å². The fraction of sp³-hybridized carbons (Fsp3) is 0.111. The minimum atomic E-state index is -1.10. The van der Waals surface area contributed by atoms with Gasteiger partial charge in [0.15, 0.2) is 0 Å². The molecule has 4 N–H and O–H groups in total. The molecule has 0 amide bonds. The summed E-state index contributed by atoms with van der Waals surface area (Å²) in [6, 6.07) is 8.49. The van der Waals surface area contributed by atoms with E-state index >= 15 is 0 Å². The Labute approximate surface area is 75.5 Å². The molecule has 0 aromatic heterocycles. The number of aliphatic carboxylic acids is 1. The number of benzene rings is 1. The summed E-state index contributed by atoms with van der Waals surface area (Å²) in [5.74, 6) is -2.47. The standard InChI is InChI=1S/C9H10N2O2/c10-8(11)7(9(12)13)6-4-2-1-3-5-6/h1-5,7H,(H3,10,11)(H,12,13). The molecule has 0 fully saturated rings. The predicted molar refractivity (Wildman–Crippen MR) is 48.7 cm³/mol. The third kappa shape index (κ3) is 2.05. The molecule has 0 heterocycles. The van der Waals surface area contributed by atoms with Gasteiger partial charge in [0.1, 0.15) is 11.8 Å². The van der Waals surface area contributed by atoms with Crippen molar-refractivity contribution in [2.75, 3.05) is 0 Å². The van der Waals surface area contributed by atoms with E-state index in [0.29, 0.717) is 5.56 Å². The monoisotopic (exact) mass is 178 g/mol. The first-order chi connectivity index (χ1) is 6.13. The fourth-order valence-electron chi connectivity index (χ4n) is 1.10. The van der Waals surface area contributed by atoms with Crippen molar-refractivity contribution in [3.63, 3.8) is 0 Å². The molecular weight excluding hydrogens is 168 g/mol. The second-order valence-electron chi connectivity index (χ2n) is 2.64. The molecule has 0 saturated carbocycles. The topological polar surface area (TPSA) is 87.2 Å². The van der Waals surface area contributed by atoms with Crippen molar-refractivity contribution in [3.05, 3.63) is 35.9 Å². The zero-order chi connectivity index (χ0) is 9.84. The molecule has 1 unspecified atom stereocenters. The Morgan fingerprint density at radius 2 is 1.92 bits per heavy atom. The second kappa shape index (κ2) is 3.71. The summed E-state index contributed by atoms with van der Waals surface area (Å²) in [6.45, 7) is 0. The molecular formula is C9H10N2O2. The van der Waals surface area contributed by atoms with Crippen LogP contribution in [0.5, 0.6) is 0 Å². The van der Waals surface area contributed by atoms with Gasteiger partial charge >= 0.3 is 5.97 Å². The number of hydrogen-bond acceptors (Lipinski definition) is 2. The Morgan fingerprint density at radius 1 is 1.38 bits per heavy atom. The number of carboxylic acid groups (broad SMARTS) is 1. The van der Waals surface area contributed by atoms with Gasteiger partial charge in [-0.1, -0.05) is 30.3 Å². The Balaban J connectivity index is 3.03. The second-order valence-corrected chi connectivity index (χ2v) is 2.64. The van der Waals surface area contributed by atoms with E-state index in [2.05, 4.69) is 0 Å². The number of rotatable bonds is 3. The zero-order valence-corrected chi connectivity index (χ0v) is 6.90. The van der Waals surface area contributed by atoms with E-state index < -0.39 is 11.9 Å². The van der Waals surface area contributed by atoms with Gasteiger partial charge in [-0.2, -0.15) is 0 Å². The molecule has 68 valence electrons. The van der Waals surface area contributed by atoms with Crippen molar-refractivity contribution in [3.8, 4) is 0 Å². The highest BCUT2D eigenvalue weighted by molar-refractivity contribution is 6.03. The average molecular weight is 178 g/mol. The highest BCUT2D eigenvalue weighted by Crippen LogP contribution is 2.14. The van der Waals surface area contributed by atoms with Gasteiger partial charge in [0.25, 0.3) is 0 Å². The maximum Gasteiger partial charge on any atom is 0.318 e. The van der Waals surface area contributed by atoms with Gasteiger partial charge in [-0.15, -0.1) is 0 Å². The van der Waals surface area contributed by atoms with Crippen LogP contribution >= 0.6 is 0 Å². The van der Waals surface area contributed by atoms with Crippen molar-refractivity contribution >= 4 is 11.8 Å². The fourth-order valence-corrected chi connectivity index (χ4v) is 1.10. The summed E-state index contributed by atoms with van der Waals surface area (Å²) in [5.41, 5.74) is 5.70. The van der Waals surface area contributed by atoms with E-state index in [1.165, 1.54) is 0 Å². The number of nitrogens with two attached hydrogens (primary N) is 1. The van der Waals surface area contributed by atoms with E-state index in [1.807, 2.05) is 0 Å². The summed E-state index contributed by atoms with van der Waals surface area (Å²) in [6.07, 6.45) is 0. The molecule has 0 saturated heterocycles. The number of hydrogen-bond donors (Lipinski definition) is 3. The molecule has 1 aromatic carbocycles. The molecule has 0 aliphatic heterocycles. The first-order valence-electron chi connectivity index (χ1n) is 3.74. The van der Waals surface area contributed by atoms with Gasteiger partial charge in [0.05, 0.1) is 0 Å². The van der Waals surface area contributed by atoms with Crippen LogP contribution in [0.2, 0.25) is 0 Å². The average Bonchev–Trinajstić information content (AvgIpc) is 2.04. The van der Waals surface area contributed by atoms with Crippen LogP contribution in [0.25, 0.3) is 0 Å². The summed E-state index contributed by atoms with van der Waals surface area (Å²) < 4.78 is 0. The van der Waals surface area contributed by atoms with E-state index in [1.54, 1.807) is 30.3 Å². The highest BCUT2D eigenvalue weighted by Gasteiger charge is 2.22. The van der Waals surface area contributed by atoms with E-state index in [4.69, 9.17) is 16.2 Å². The van der Waals surface area contributed by atoms with Gasteiger partial charge in [-0.25, -0.2) is 0 Å². The van der Waals surface area contributed by atoms with Crippen molar-refractivity contribution in [2.24, 2.45) is 5.73 Å². The van der Waals surface area contributed by atoms with Crippen LogP contribution in [0.15, 0.2) is 30.3 Å². The van der Waals surface area contributed by atoms with Gasteiger partial charge in [-0.05, 0) is 5.56 Å². The summed E-state index contributed by atoms with van der Waals surface area (Å²) in [5, 5.41) is 15.9. The Kier molecular flexibility index (Phi) is 2.64. The lowest BCUT2D eigenvalue weighted by molar-refractivity contribution is -0.137. The smallest absolute Gasteiger partial charge is 0.318 e. The number of amidine groups is 1. The van der Waals surface area contributed by atoms with Crippen LogP contribution in [0.3, 0.4) is 0 Å². The lowest BCUT2D eigenvalue weighted by atomic mass is 9.98. The quantitative estimate of drug-likeness (QED) is 0.472. The van der Waals surface area contributed by atoms with E-state index in [-0.39, 0.29) is 5.84 Å². The van der Waals surface area contributed by atoms with Gasteiger partial charge in [-0.3, -0.25) is 10.2 Å². The Bertz CT molecular complexity index is 308. The lowest BCUT2D eigenvalue weighted by Gasteiger charge is -2.09. The van der Waals surface area contributed by atoms with Gasteiger partial charge in [0, 0.05) is 0 Å². The maximum atomic E-state index is 10.7.